The van der Waals surface area contributed by atoms with Gasteiger partial charge in [-0.25, -0.2) is 4.57 Å². The molecule has 0 bridgehead atoms. The lowest BCUT2D eigenvalue weighted by molar-refractivity contribution is -0.161. The summed E-state index contributed by atoms with van der Waals surface area (Å²) in [6.07, 6.45) is 52.2. The minimum absolute atomic E-state index is 0.168. The molecule has 0 heterocycles. The van der Waals surface area contributed by atoms with E-state index in [-0.39, 0.29) is 25.9 Å². The van der Waals surface area contributed by atoms with Crippen LogP contribution in [0.5, 0.6) is 0 Å². The van der Waals surface area contributed by atoms with Crippen LogP contribution in [-0.4, -0.2) is 66.5 Å². The number of rotatable bonds is 51. The number of hydrogen-bond acceptors (Lipinski definition) is 10. The number of ether oxygens (including phenoxy) is 3. The summed E-state index contributed by atoms with van der Waals surface area (Å²) in [4.78, 5) is 48.3. The average Bonchev–Trinajstić information content (AvgIpc) is 3.32. The van der Waals surface area contributed by atoms with Crippen molar-refractivity contribution in [1.29, 1.82) is 0 Å². The molecule has 0 spiro atoms. The quantitative estimate of drug-likeness (QED) is 0.0197. The van der Waals surface area contributed by atoms with Gasteiger partial charge in [0, 0.05) is 19.3 Å². The molecule has 3 unspecified atom stereocenters. The summed E-state index contributed by atoms with van der Waals surface area (Å²) in [6.45, 7) is 4.50. The number of unbranched alkanes of at least 4 members (excludes halogenated alkanes) is 26. The second-order valence-electron chi connectivity index (χ2n) is 18.4. The van der Waals surface area contributed by atoms with Gasteiger partial charge in [-0.2, -0.15) is 0 Å². The Bertz CT molecular complexity index is 1330. The Labute approximate surface area is 415 Å². The predicted molar refractivity (Wildman–Crippen MR) is 279 cm³/mol. The van der Waals surface area contributed by atoms with Crippen molar-refractivity contribution < 1.29 is 52.2 Å². The number of carbonyl (C=O) groups is 3. The Kier molecular flexibility index (Phi) is 48.9. The molecule has 2 N–H and O–H groups in total. The summed E-state index contributed by atoms with van der Waals surface area (Å²) >= 11 is 0. The minimum Gasteiger partial charge on any atom is -0.462 e. The molecule has 0 aromatic rings. The van der Waals surface area contributed by atoms with Gasteiger partial charge in [-0.15, -0.1) is 0 Å². The molecule has 0 radical (unpaired) electrons. The van der Waals surface area contributed by atoms with E-state index >= 15 is 0 Å². The van der Waals surface area contributed by atoms with Crippen molar-refractivity contribution >= 4 is 25.7 Å². The van der Waals surface area contributed by atoms with Crippen molar-refractivity contribution in [2.75, 3.05) is 26.4 Å². The maximum atomic E-state index is 12.8. The van der Waals surface area contributed by atoms with Crippen LogP contribution in [0.4, 0.5) is 0 Å². The highest BCUT2D eigenvalue weighted by Crippen LogP contribution is 2.43. The van der Waals surface area contributed by atoms with Gasteiger partial charge in [0.15, 0.2) is 6.10 Å². The van der Waals surface area contributed by atoms with Crippen molar-refractivity contribution in [2.45, 2.75) is 264 Å². The van der Waals surface area contributed by atoms with E-state index < -0.39 is 57.8 Å². The van der Waals surface area contributed by atoms with Gasteiger partial charge in [-0.1, -0.05) is 223 Å². The lowest BCUT2D eigenvalue weighted by Gasteiger charge is -2.21. The van der Waals surface area contributed by atoms with E-state index in [4.69, 9.17) is 23.3 Å². The van der Waals surface area contributed by atoms with Crippen molar-refractivity contribution in [2.24, 2.45) is 0 Å². The van der Waals surface area contributed by atoms with Gasteiger partial charge in [0.1, 0.15) is 12.7 Å². The molecule has 11 nitrogen and oxygen atoms in total. The zero-order valence-electron chi connectivity index (χ0n) is 43.6. The van der Waals surface area contributed by atoms with Crippen molar-refractivity contribution in [3.05, 3.63) is 48.6 Å². The summed E-state index contributed by atoms with van der Waals surface area (Å²) in [5.41, 5.74) is 0. The van der Waals surface area contributed by atoms with E-state index in [0.717, 1.165) is 103 Å². The van der Waals surface area contributed by atoms with Crippen molar-refractivity contribution in [3.63, 3.8) is 0 Å². The van der Waals surface area contributed by atoms with Gasteiger partial charge in [0.2, 0.25) is 0 Å². The van der Waals surface area contributed by atoms with Crippen LogP contribution >= 0.6 is 7.82 Å². The maximum absolute atomic E-state index is 12.8. The van der Waals surface area contributed by atoms with Crippen LogP contribution in [0, 0.1) is 0 Å². The largest absolute Gasteiger partial charge is 0.472 e. The van der Waals surface area contributed by atoms with Crippen LogP contribution in [0.2, 0.25) is 0 Å². The summed E-state index contributed by atoms with van der Waals surface area (Å²) in [5.74, 6) is -1.47. The average molecular weight is 981 g/mol. The Morgan fingerprint density at radius 1 is 0.426 bits per heavy atom. The minimum atomic E-state index is -4.74. The second-order valence-corrected chi connectivity index (χ2v) is 19.8. The number of carbonyl (C=O) groups excluding carboxylic acids is 3. The Balaban J connectivity index is 4.71. The molecular formula is C56H101O11P. The smallest absolute Gasteiger partial charge is 0.462 e. The summed E-state index contributed by atoms with van der Waals surface area (Å²) < 4.78 is 39.4. The molecule has 0 aromatic carbocycles. The van der Waals surface area contributed by atoms with Crippen LogP contribution in [-0.2, 0) is 42.2 Å². The number of esters is 3. The fourth-order valence-electron chi connectivity index (χ4n) is 7.58. The van der Waals surface area contributed by atoms with Crippen molar-refractivity contribution in [1.82, 2.24) is 0 Å². The van der Waals surface area contributed by atoms with Crippen LogP contribution < -0.4 is 0 Å². The number of aliphatic hydroxyl groups is 1. The number of aliphatic hydroxyl groups excluding tert-OH is 1. The monoisotopic (exact) mass is 981 g/mol. The molecule has 0 rings (SSSR count). The third kappa shape index (κ3) is 48.5. The molecule has 0 aliphatic rings. The normalized spacial score (nSPS) is 13.8. The predicted octanol–water partition coefficient (Wildman–Crippen LogP) is 15.8. The topological polar surface area (TPSA) is 155 Å². The van der Waals surface area contributed by atoms with Crippen LogP contribution in [0.3, 0.4) is 0 Å². The number of allylic oxidation sites excluding steroid dienone is 8. The fraction of sp³-hybridized carbons (Fsp3) is 0.804. The molecule has 12 heteroatoms. The molecule has 0 aliphatic heterocycles. The maximum Gasteiger partial charge on any atom is 0.472 e. The third-order valence-electron chi connectivity index (χ3n) is 11.8. The summed E-state index contributed by atoms with van der Waals surface area (Å²) in [7, 11) is -4.74. The first-order valence-electron chi connectivity index (χ1n) is 27.5. The third-order valence-corrected chi connectivity index (χ3v) is 12.7. The molecular weight excluding hydrogens is 880 g/mol. The van der Waals surface area contributed by atoms with E-state index in [2.05, 4.69) is 69.4 Å². The van der Waals surface area contributed by atoms with Gasteiger partial charge in [-0.3, -0.25) is 23.4 Å². The number of hydrogen-bond donors (Lipinski definition) is 2. The molecule has 68 heavy (non-hydrogen) atoms. The van der Waals surface area contributed by atoms with Gasteiger partial charge < -0.3 is 24.2 Å². The Hall–Kier alpha value is -2.56. The molecule has 0 saturated carbocycles. The first kappa shape index (κ1) is 65.4. The summed E-state index contributed by atoms with van der Waals surface area (Å²) in [5, 5.41) is 9.75. The molecule has 0 aromatic heterocycles. The van der Waals surface area contributed by atoms with Gasteiger partial charge in [0.05, 0.1) is 19.8 Å². The van der Waals surface area contributed by atoms with E-state index in [1.807, 2.05) is 0 Å². The highest BCUT2D eigenvalue weighted by atomic mass is 31.2. The van der Waals surface area contributed by atoms with E-state index in [9.17, 15) is 28.9 Å². The lowest BCUT2D eigenvalue weighted by atomic mass is 10.0. The Morgan fingerprint density at radius 2 is 0.765 bits per heavy atom. The molecule has 3 atom stereocenters. The van der Waals surface area contributed by atoms with Gasteiger partial charge in [0.25, 0.3) is 0 Å². The standard InChI is InChI=1S/C56H101O11P/c1-4-7-10-13-16-19-21-23-24-25-26-27-28-30-31-34-36-39-42-45-54(58)63-49-53(67-56(60)47-44-41-38-35-32-29-22-20-17-14-11-8-5-2)51-65-68(61,62)64-50-52(48-57)66-55(59)46-43-40-37-33-18-15-12-9-6-3/h7,10,16,19,23-24,26-27,52-53,57H,4-6,8-9,11-15,17-18,20-22,25,28-51H2,1-3H3,(H,61,62)/b10-7-,19-16-,24-23-,27-26-. The molecule has 0 saturated heterocycles. The molecule has 0 fully saturated rings. The Morgan fingerprint density at radius 3 is 1.18 bits per heavy atom. The number of phosphoric ester groups is 1. The zero-order valence-corrected chi connectivity index (χ0v) is 44.5. The molecule has 0 amide bonds. The number of phosphoric acid groups is 1. The molecule has 0 aliphatic carbocycles. The van der Waals surface area contributed by atoms with Gasteiger partial charge >= 0.3 is 25.7 Å². The molecule has 396 valence electrons. The first-order valence-corrected chi connectivity index (χ1v) is 29.0. The van der Waals surface area contributed by atoms with Crippen LogP contribution in [0.15, 0.2) is 48.6 Å². The fourth-order valence-corrected chi connectivity index (χ4v) is 8.37. The van der Waals surface area contributed by atoms with Crippen LogP contribution in [0.25, 0.3) is 0 Å². The van der Waals surface area contributed by atoms with Gasteiger partial charge in [-0.05, 0) is 57.8 Å². The highest BCUT2D eigenvalue weighted by molar-refractivity contribution is 7.47. The summed E-state index contributed by atoms with van der Waals surface area (Å²) in [6, 6.07) is 0. The lowest BCUT2D eigenvalue weighted by Crippen LogP contribution is -2.30. The van der Waals surface area contributed by atoms with Crippen molar-refractivity contribution in [3.8, 4) is 0 Å². The van der Waals surface area contributed by atoms with Crippen LogP contribution in [0.1, 0.15) is 252 Å². The SMILES string of the molecule is CC/C=C\C/C=C\C/C=C\C/C=C\CCCCCCCCC(=O)OCC(COP(=O)(O)OCC(CO)OC(=O)CCCCCCCCCCC)OC(=O)CCCCCCCCCCCCCCC. The second kappa shape index (κ2) is 50.8. The first-order chi connectivity index (χ1) is 33.2. The van der Waals surface area contributed by atoms with E-state index in [0.29, 0.717) is 19.3 Å². The van der Waals surface area contributed by atoms with E-state index in [1.54, 1.807) is 0 Å². The highest BCUT2D eigenvalue weighted by Gasteiger charge is 2.28. The zero-order chi connectivity index (χ0) is 49.9. The van der Waals surface area contributed by atoms with E-state index in [1.165, 1.54) is 89.9 Å².